The SMILES string of the molecule is C#CC(CCC)NC(C)c1ccc(C)c([N+](=O)[O-])c1. The molecule has 0 spiro atoms. The number of nitro groups is 1. The summed E-state index contributed by atoms with van der Waals surface area (Å²) in [5.41, 5.74) is 1.70. The van der Waals surface area contributed by atoms with Gasteiger partial charge in [-0.25, -0.2) is 0 Å². The lowest BCUT2D eigenvalue weighted by molar-refractivity contribution is -0.385. The van der Waals surface area contributed by atoms with E-state index < -0.39 is 0 Å². The molecule has 1 N–H and O–H groups in total. The van der Waals surface area contributed by atoms with Crippen LogP contribution in [0.4, 0.5) is 5.69 Å². The second-order valence-electron chi connectivity index (χ2n) is 4.70. The van der Waals surface area contributed by atoms with Gasteiger partial charge < -0.3 is 0 Å². The normalized spacial score (nSPS) is 13.6. The van der Waals surface area contributed by atoms with E-state index in [0.717, 1.165) is 18.4 Å². The molecular weight excluding hydrogens is 240 g/mol. The van der Waals surface area contributed by atoms with Gasteiger partial charge in [-0.2, -0.15) is 0 Å². The number of nitro benzene ring substituents is 1. The molecule has 0 aliphatic rings. The number of aryl methyl sites for hydroxylation is 1. The Kier molecular flexibility index (Phi) is 5.53. The number of hydrogen-bond acceptors (Lipinski definition) is 3. The Labute approximate surface area is 114 Å². The molecule has 1 aromatic carbocycles. The molecule has 0 bridgehead atoms. The van der Waals surface area contributed by atoms with E-state index in [-0.39, 0.29) is 22.7 Å². The first-order valence-electron chi connectivity index (χ1n) is 6.46. The van der Waals surface area contributed by atoms with Crippen molar-refractivity contribution < 1.29 is 4.92 Å². The molecule has 1 rings (SSSR count). The predicted octanol–water partition coefficient (Wildman–Crippen LogP) is 3.36. The van der Waals surface area contributed by atoms with Crippen LogP contribution in [0.2, 0.25) is 0 Å². The molecule has 0 fully saturated rings. The lowest BCUT2D eigenvalue weighted by atomic mass is 10.0. The smallest absolute Gasteiger partial charge is 0.272 e. The van der Waals surface area contributed by atoms with Gasteiger partial charge in [0.1, 0.15) is 0 Å². The molecule has 2 unspecified atom stereocenters. The van der Waals surface area contributed by atoms with Gasteiger partial charge in [-0.3, -0.25) is 15.4 Å². The van der Waals surface area contributed by atoms with Crippen molar-refractivity contribution in [2.24, 2.45) is 0 Å². The molecule has 0 radical (unpaired) electrons. The molecule has 2 atom stereocenters. The fraction of sp³-hybridized carbons (Fsp3) is 0.467. The average molecular weight is 260 g/mol. The number of nitrogens with one attached hydrogen (secondary N) is 1. The molecule has 0 amide bonds. The van der Waals surface area contributed by atoms with Crippen LogP contribution < -0.4 is 5.32 Å². The van der Waals surface area contributed by atoms with Gasteiger partial charge in [0.05, 0.1) is 11.0 Å². The van der Waals surface area contributed by atoms with Crippen molar-refractivity contribution in [3.05, 3.63) is 39.4 Å². The number of benzene rings is 1. The van der Waals surface area contributed by atoms with E-state index in [2.05, 4.69) is 18.2 Å². The van der Waals surface area contributed by atoms with Gasteiger partial charge in [0, 0.05) is 17.7 Å². The molecular formula is C15H20N2O2. The van der Waals surface area contributed by atoms with Crippen LogP contribution in [0.3, 0.4) is 0 Å². The van der Waals surface area contributed by atoms with E-state index in [1.54, 1.807) is 19.1 Å². The first kappa shape index (κ1) is 15.2. The fourth-order valence-electron chi connectivity index (χ4n) is 1.99. The third-order valence-corrected chi connectivity index (χ3v) is 3.16. The molecule has 19 heavy (non-hydrogen) atoms. The van der Waals surface area contributed by atoms with Crippen LogP contribution in [0.1, 0.15) is 43.9 Å². The molecule has 0 saturated heterocycles. The summed E-state index contributed by atoms with van der Waals surface area (Å²) in [4.78, 5) is 10.6. The fourth-order valence-corrected chi connectivity index (χ4v) is 1.99. The summed E-state index contributed by atoms with van der Waals surface area (Å²) in [6, 6.07) is 5.29. The zero-order chi connectivity index (χ0) is 14.4. The summed E-state index contributed by atoms with van der Waals surface area (Å²) in [6.45, 7) is 5.78. The van der Waals surface area contributed by atoms with Crippen LogP contribution in [0.5, 0.6) is 0 Å². The minimum absolute atomic E-state index is 0.000333. The molecule has 4 heteroatoms. The van der Waals surface area contributed by atoms with Crippen molar-refractivity contribution in [3.8, 4) is 12.3 Å². The van der Waals surface area contributed by atoms with E-state index in [1.165, 1.54) is 0 Å². The Hall–Kier alpha value is -1.86. The molecule has 102 valence electrons. The van der Waals surface area contributed by atoms with Gasteiger partial charge >= 0.3 is 0 Å². The first-order chi connectivity index (χ1) is 8.99. The summed E-state index contributed by atoms with van der Waals surface area (Å²) < 4.78 is 0. The van der Waals surface area contributed by atoms with Crippen LogP contribution >= 0.6 is 0 Å². The van der Waals surface area contributed by atoms with Gasteiger partial charge in [0.15, 0.2) is 0 Å². The van der Waals surface area contributed by atoms with E-state index in [4.69, 9.17) is 6.42 Å². The molecule has 0 aromatic heterocycles. The van der Waals surface area contributed by atoms with Crippen LogP contribution in [0, 0.1) is 29.4 Å². The van der Waals surface area contributed by atoms with Crippen LogP contribution in [0.25, 0.3) is 0 Å². The lowest BCUT2D eigenvalue weighted by Gasteiger charge is -2.19. The average Bonchev–Trinajstić information content (AvgIpc) is 2.38. The summed E-state index contributed by atoms with van der Waals surface area (Å²) in [5.74, 6) is 2.71. The summed E-state index contributed by atoms with van der Waals surface area (Å²) in [6.07, 6.45) is 7.37. The lowest BCUT2D eigenvalue weighted by Crippen LogP contribution is -2.30. The number of rotatable bonds is 6. The maximum Gasteiger partial charge on any atom is 0.272 e. The molecule has 4 nitrogen and oxygen atoms in total. The van der Waals surface area contributed by atoms with Crippen molar-refractivity contribution in [3.63, 3.8) is 0 Å². The van der Waals surface area contributed by atoms with E-state index in [0.29, 0.717) is 5.56 Å². The molecule has 1 aromatic rings. The monoisotopic (exact) mass is 260 g/mol. The second kappa shape index (κ2) is 6.91. The zero-order valence-corrected chi connectivity index (χ0v) is 11.6. The summed E-state index contributed by atoms with van der Waals surface area (Å²) >= 11 is 0. The van der Waals surface area contributed by atoms with Crippen LogP contribution in [-0.4, -0.2) is 11.0 Å². The topological polar surface area (TPSA) is 55.2 Å². The van der Waals surface area contributed by atoms with Gasteiger partial charge in [-0.05, 0) is 25.8 Å². The Balaban J connectivity index is 2.88. The van der Waals surface area contributed by atoms with Crippen molar-refractivity contribution in [2.75, 3.05) is 0 Å². The largest absolute Gasteiger partial charge is 0.297 e. The first-order valence-corrected chi connectivity index (χ1v) is 6.46. The Morgan fingerprint density at radius 2 is 2.21 bits per heavy atom. The number of terminal acetylenes is 1. The minimum Gasteiger partial charge on any atom is -0.297 e. The quantitative estimate of drug-likeness (QED) is 0.485. The number of nitrogens with zero attached hydrogens (tertiary/aromatic N) is 1. The third-order valence-electron chi connectivity index (χ3n) is 3.16. The predicted molar refractivity (Wildman–Crippen MR) is 76.9 cm³/mol. The van der Waals surface area contributed by atoms with Crippen LogP contribution in [-0.2, 0) is 0 Å². The highest BCUT2D eigenvalue weighted by Gasteiger charge is 2.16. The molecule has 0 aliphatic carbocycles. The maximum absolute atomic E-state index is 10.9. The minimum atomic E-state index is -0.351. The highest BCUT2D eigenvalue weighted by molar-refractivity contribution is 5.43. The van der Waals surface area contributed by atoms with E-state index >= 15 is 0 Å². The van der Waals surface area contributed by atoms with E-state index in [9.17, 15) is 10.1 Å². The standard InChI is InChI=1S/C15H20N2O2/c1-5-7-14(6-2)16-12(4)13-9-8-11(3)15(10-13)17(18)19/h2,8-10,12,14,16H,5,7H2,1,3-4H3. The zero-order valence-electron chi connectivity index (χ0n) is 11.6. The van der Waals surface area contributed by atoms with Crippen molar-refractivity contribution in [1.29, 1.82) is 0 Å². The third kappa shape index (κ3) is 4.08. The Morgan fingerprint density at radius 1 is 1.53 bits per heavy atom. The number of hydrogen-bond donors (Lipinski definition) is 1. The van der Waals surface area contributed by atoms with Crippen molar-refractivity contribution >= 4 is 5.69 Å². The summed E-state index contributed by atoms with van der Waals surface area (Å²) in [7, 11) is 0. The second-order valence-corrected chi connectivity index (χ2v) is 4.70. The maximum atomic E-state index is 10.9. The Bertz CT molecular complexity index is 491. The molecule has 0 aliphatic heterocycles. The van der Waals surface area contributed by atoms with E-state index in [1.807, 2.05) is 13.0 Å². The van der Waals surface area contributed by atoms with Gasteiger partial charge in [0.2, 0.25) is 0 Å². The summed E-state index contributed by atoms with van der Waals surface area (Å²) in [5, 5.41) is 14.2. The van der Waals surface area contributed by atoms with Crippen molar-refractivity contribution in [2.45, 2.75) is 45.7 Å². The van der Waals surface area contributed by atoms with Crippen molar-refractivity contribution in [1.82, 2.24) is 5.32 Å². The van der Waals surface area contributed by atoms with Crippen LogP contribution in [0.15, 0.2) is 18.2 Å². The highest BCUT2D eigenvalue weighted by atomic mass is 16.6. The van der Waals surface area contributed by atoms with Gasteiger partial charge in [-0.1, -0.05) is 31.4 Å². The molecule has 0 saturated carbocycles. The van der Waals surface area contributed by atoms with Gasteiger partial charge in [0.25, 0.3) is 5.69 Å². The highest BCUT2D eigenvalue weighted by Crippen LogP contribution is 2.23. The Morgan fingerprint density at radius 3 is 2.74 bits per heavy atom. The molecule has 0 heterocycles. The van der Waals surface area contributed by atoms with Gasteiger partial charge in [-0.15, -0.1) is 6.42 Å².